The van der Waals surface area contributed by atoms with Crippen molar-refractivity contribution in [1.82, 2.24) is 0 Å². The summed E-state index contributed by atoms with van der Waals surface area (Å²) in [5, 5.41) is 0. The van der Waals surface area contributed by atoms with Crippen LogP contribution in [0, 0.1) is 17.8 Å². The van der Waals surface area contributed by atoms with E-state index < -0.39 is 0 Å². The molecule has 1 aliphatic rings. The predicted molar refractivity (Wildman–Crippen MR) is 42.7 cm³/mol. The van der Waals surface area contributed by atoms with Gasteiger partial charge in [0.1, 0.15) is 0 Å². The minimum atomic E-state index is 0. The van der Waals surface area contributed by atoms with Crippen LogP contribution in [-0.2, 0) is 0 Å². The number of hydrogen-bond donors (Lipinski definition) is 1. The zero-order valence-corrected chi connectivity index (χ0v) is 6.95. The number of hydrogen-bond acceptors (Lipinski definition) is 1. The summed E-state index contributed by atoms with van der Waals surface area (Å²) in [5.41, 5.74) is 5.46. The van der Waals surface area contributed by atoms with Crippen molar-refractivity contribution in [1.29, 1.82) is 0 Å². The molecule has 0 aromatic carbocycles. The number of halogens is 1. The summed E-state index contributed by atoms with van der Waals surface area (Å²) in [6, 6.07) is 0. The van der Waals surface area contributed by atoms with E-state index in [2.05, 4.69) is 13.8 Å². The van der Waals surface area contributed by atoms with Gasteiger partial charge in [0.25, 0.3) is 0 Å². The lowest BCUT2D eigenvalue weighted by molar-refractivity contribution is 0.520. The van der Waals surface area contributed by atoms with Crippen molar-refractivity contribution in [2.45, 2.75) is 20.3 Å². The lowest BCUT2D eigenvalue weighted by Gasteiger charge is -1.98. The van der Waals surface area contributed by atoms with Gasteiger partial charge in [-0.2, -0.15) is 0 Å². The van der Waals surface area contributed by atoms with Crippen molar-refractivity contribution in [2.75, 3.05) is 6.54 Å². The molecule has 0 unspecified atom stereocenters. The third-order valence-corrected chi connectivity index (χ3v) is 2.14. The number of rotatable bonds is 2. The number of nitrogens with two attached hydrogens (primary N) is 1. The summed E-state index contributed by atoms with van der Waals surface area (Å²) in [6.45, 7) is 5.46. The van der Waals surface area contributed by atoms with Gasteiger partial charge in [0.05, 0.1) is 0 Å². The first-order chi connectivity index (χ1) is 3.75. The highest BCUT2D eigenvalue weighted by Gasteiger charge is 2.37. The molecular weight excluding hydrogens is 134 g/mol. The molecule has 1 aliphatic carbocycles. The van der Waals surface area contributed by atoms with Crippen LogP contribution in [0.1, 0.15) is 20.3 Å². The Morgan fingerprint density at radius 2 is 2.11 bits per heavy atom. The molecule has 0 aliphatic heterocycles. The molecule has 2 heteroatoms. The first-order valence-electron chi connectivity index (χ1n) is 3.45. The molecule has 1 fully saturated rings. The lowest BCUT2D eigenvalue weighted by atomic mass is 10.1. The Hall–Kier alpha value is 0.250. The van der Waals surface area contributed by atoms with Gasteiger partial charge in [0, 0.05) is 0 Å². The minimum absolute atomic E-state index is 0. The standard InChI is InChI=1S/C7H15N.ClH/c1-5(2)7-3-6(7)4-8;/h5-7H,3-4,8H2,1-2H3;1H/t6-,7-;/m0./s1. The molecule has 0 heterocycles. The van der Waals surface area contributed by atoms with Gasteiger partial charge in [0.15, 0.2) is 0 Å². The van der Waals surface area contributed by atoms with Crippen LogP contribution >= 0.6 is 12.4 Å². The van der Waals surface area contributed by atoms with Crippen LogP contribution in [-0.4, -0.2) is 6.54 Å². The molecule has 0 aromatic heterocycles. The third kappa shape index (κ3) is 2.15. The zero-order chi connectivity index (χ0) is 6.15. The van der Waals surface area contributed by atoms with E-state index in [1.54, 1.807) is 0 Å². The van der Waals surface area contributed by atoms with Crippen LogP contribution < -0.4 is 5.73 Å². The summed E-state index contributed by atoms with van der Waals surface area (Å²) in [6.07, 6.45) is 1.38. The smallest absolute Gasteiger partial charge is 0.00460 e. The lowest BCUT2D eigenvalue weighted by Crippen LogP contribution is -2.04. The van der Waals surface area contributed by atoms with Gasteiger partial charge >= 0.3 is 0 Å². The minimum Gasteiger partial charge on any atom is -0.330 e. The van der Waals surface area contributed by atoms with E-state index in [9.17, 15) is 0 Å². The highest BCUT2D eigenvalue weighted by atomic mass is 35.5. The summed E-state index contributed by atoms with van der Waals surface area (Å²) in [5.74, 6) is 2.69. The Bertz CT molecular complexity index is 83.0. The van der Waals surface area contributed by atoms with Gasteiger partial charge in [0.2, 0.25) is 0 Å². The third-order valence-electron chi connectivity index (χ3n) is 2.14. The average molecular weight is 150 g/mol. The van der Waals surface area contributed by atoms with E-state index in [4.69, 9.17) is 5.73 Å². The van der Waals surface area contributed by atoms with E-state index >= 15 is 0 Å². The molecule has 0 bridgehead atoms. The van der Waals surface area contributed by atoms with E-state index in [0.29, 0.717) is 0 Å². The molecule has 0 spiro atoms. The van der Waals surface area contributed by atoms with Crippen LogP contribution in [0.5, 0.6) is 0 Å². The fraction of sp³-hybridized carbons (Fsp3) is 1.00. The Labute approximate surface area is 63.4 Å². The first kappa shape index (κ1) is 9.25. The molecule has 9 heavy (non-hydrogen) atoms. The first-order valence-corrected chi connectivity index (χ1v) is 3.45. The second kappa shape index (κ2) is 3.43. The van der Waals surface area contributed by atoms with Crippen molar-refractivity contribution in [2.24, 2.45) is 23.5 Å². The van der Waals surface area contributed by atoms with Crippen LogP contribution in [0.2, 0.25) is 0 Å². The Kier molecular flexibility index (Phi) is 3.52. The molecule has 2 atom stereocenters. The van der Waals surface area contributed by atoms with Crippen LogP contribution in [0.4, 0.5) is 0 Å². The predicted octanol–water partition coefficient (Wildman–Crippen LogP) is 1.66. The highest BCUT2D eigenvalue weighted by Crippen LogP contribution is 2.42. The molecule has 0 aromatic rings. The monoisotopic (exact) mass is 149 g/mol. The van der Waals surface area contributed by atoms with Gasteiger partial charge in [-0.05, 0) is 30.7 Å². The van der Waals surface area contributed by atoms with Crippen LogP contribution in [0.15, 0.2) is 0 Å². The van der Waals surface area contributed by atoms with Gasteiger partial charge in [-0.1, -0.05) is 13.8 Å². The van der Waals surface area contributed by atoms with Crippen molar-refractivity contribution in [3.63, 3.8) is 0 Å². The van der Waals surface area contributed by atoms with E-state index in [-0.39, 0.29) is 12.4 Å². The maximum Gasteiger partial charge on any atom is -0.00460 e. The molecule has 1 rings (SSSR count). The van der Waals surface area contributed by atoms with Crippen molar-refractivity contribution < 1.29 is 0 Å². The van der Waals surface area contributed by atoms with Crippen LogP contribution in [0.25, 0.3) is 0 Å². The van der Waals surface area contributed by atoms with Gasteiger partial charge in [-0.25, -0.2) is 0 Å². The fourth-order valence-electron chi connectivity index (χ4n) is 1.36. The fourth-order valence-corrected chi connectivity index (χ4v) is 1.36. The zero-order valence-electron chi connectivity index (χ0n) is 6.13. The Balaban J connectivity index is 0.000000640. The van der Waals surface area contributed by atoms with Crippen molar-refractivity contribution >= 4 is 12.4 Å². The largest absolute Gasteiger partial charge is 0.330 e. The van der Waals surface area contributed by atoms with E-state index in [1.165, 1.54) is 6.42 Å². The average Bonchev–Trinajstić information content (AvgIpc) is 2.42. The molecule has 1 nitrogen and oxygen atoms in total. The van der Waals surface area contributed by atoms with Gasteiger partial charge in [-0.3, -0.25) is 0 Å². The molecule has 0 saturated heterocycles. The second-order valence-electron chi connectivity index (χ2n) is 3.14. The molecule has 2 N–H and O–H groups in total. The van der Waals surface area contributed by atoms with Gasteiger partial charge in [-0.15, -0.1) is 12.4 Å². The van der Waals surface area contributed by atoms with Gasteiger partial charge < -0.3 is 5.73 Å². The van der Waals surface area contributed by atoms with Crippen LogP contribution in [0.3, 0.4) is 0 Å². The second-order valence-corrected chi connectivity index (χ2v) is 3.14. The molecule has 1 saturated carbocycles. The SMILES string of the molecule is CC(C)[C@@H]1C[C@H]1CN.Cl. The molecule has 0 radical (unpaired) electrons. The summed E-state index contributed by atoms with van der Waals surface area (Å²) >= 11 is 0. The maximum atomic E-state index is 5.46. The quantitative estimate of drug-likeness (QED) is 0.635. The van der Waals surface area contributed by atoms with Crippen molar-refractivity contribution in [3.8, 4) is 0 Å². The molecular formula is C7H16ClN. The maximum absolute atomic E-state index is 5.46. The van der Waals surface area contributed by atoms with E-state index in [1.807, 2.05) is 0 Å². The highest BCUT2D eigenvalue weighted by molar-refractivity contribution is 5.85. The topological polar surface area (TPSA) is 26.0 Å². The van der Waals surface area contributed by atoms with Crippen molar-refractivity contribution in [3.05, 3.63) is 0 Å². The Morgan fingerprint density at radius 3 is 2.22 bits per heavy atom. The normalized spacial score (nSPS) is 32.0. The molecule has 0 amide bonds. The summed E-state index contributed by atoms with van der Waals surface area (Å²) < 4.78 is 0. The summed E-state index contributed by atoms with van der Waals surface area (Å²) in [4.78, 5) is 0. The summed E-state index contributed by atoms with van der Waals surface area (Å²) in [7, 11) is 0. The molecule has 56 valence electrons. The Morgan fingerprint density at radius 1 is 1.56 bits per heavy atom. The van der Waals surface area contributed by atoms with E-state index in [0.717, 1.165) is 24.3 Å².